The van der Waals surface area contributed by atoms with Crippen molar-refractivity contribution >= 4 is 27.3 Å². The maximum Gasteiger partial charge on any atom is 0.0674 e. The van der Waals surface area contributed by atoms with Gasteiger partial charge in [-0.1, -0.05) is 31.2 Å². The highest BCUT2D eigenvalue weighted by molar-refractivity contribution is 9.10. The quantitative estimate of drug-likeness (QED) is 0.788. The first kappa shape index (κ1) is 14.8. The molecule has 19 heavy (non-hydrogen) atoms. The van der Waals surface area contributed by atoms with Crippen LogP contribution >= 0.6 is 27.3 Å². The van der Waals surface area contributed by atoms with Crippen LogP contribution in [0.3, 0.4) is 0 Å². The largest absolute Gasteiger partial charge is 0.306 e. The summed E-state index contributed by atoms with van der Waals surface area (Å²) in [5.41, 5.74) is 2.72. The summed E-state index contributed by atoms with van der Waals surface area (Å²) in [6.07, 6.45) is 1.15. The van der Waals surface area contributed by atoms with Crippen molar-refractivity contribution in [1.29, 1.82) is 0 Å². The first-order valence-corrected chi connectivity index (χ1v) is 8.29. The van der Waals surface area contributed by atoms with E-state index < -0.39 is 0 Å². The molecule has 0 saturated carbocycles. The summed E-state index contributed by atoms with van der Waals surface area (Å²) < 4.78 is 1.21. The van der Waals surface area contributed by atoms with Crippen molar-refractivity contribution < 1.29 is 0 Å². The van der Waals surface area contributed by atoms with E-state index in [1.54, 1.807) is 0 Å². The normalized spacial score (nSPS) is 12.6. The highest BCUT2D eigenvalue weighted by Crippen LogP contribution is 2.34. The fourth-order valence-corrected chi connectivity index (χ4v) is 3.84. The molecule has 2 rings (SSSR count). The van der Waals surface area contributed by atoms with Crippen LogP contribution < -0.4 is 5.32 Å². The van der Waals surface area contributed by atoms with E-state index in [2.05, 4.69) is 72.3 Å². The molecule has 1 aromatic carbocycles. The Morgan fingerprint density at radius 2 is 2.00 bits per heavy atom. The highest BCUT2D eigenvalue weighted by Gasteiger charge is 2.18. The van der Waals surface area contributed by atoms with Gasteiger partial charge in [0.15, 0.2) is 0 Å². The third-order valence-electron chi connectivity index (χ3n) is 3.26. The molecule has 0 spiro atoms. The molecule has 0 aliphatic carbocycles. The summed E-state index contributed by atoms with van der Waals surface area (Å²) in [7, 11) is 0. The minimum atomic E-state index is 0.302. The van der Waals surface area contributed by atoms with E-state index in [0.717, 1.165) is 13.0 Å². The lowest BCUT2D eigenvalue weighted by Gasteiger charge is -2.19. The molecule has 1 aromatic heterocycles. The second kappa shape index (κ2) is 6.69. The Balaban J connectivity index is 2.38. The van der Waals surface area contributed by atoms with Gasteiger partial charge in [-0.05, 0) is 59.9 Å². The summed E-state index contributed by atoms with van der Waals surface area (Å²) in [5.74, 6) is 0. The van der Waals surface area contributed by atoms with Crippen LogP contribution in [0.1, 0.15) is 40.3 Å². The van der Waals surface area contributed by atoms with Crippen LogP contribution in [0.5, 0.6) is 0 Å². The number of hydrogen-bond donors (Lipinski definition) is 1. The Morgan fingerprint density at radius 1 is 1.26 bits per heavy atom. The topological polar surface area (TPSA) is 12.0 Å². The Labute approximate surface area is 128 Å². The molecule has 2 aromatic rings. The van der Waals surface area contributed by atoms with E-state index in [4.69, 9.17) is 0 Å². The molecule has 1 N–H and O–H groups in total. The van der Waals surface area contributed by atoms with E-state index in [9.17, 15) is 0 Å². The lowest BCUT2D eigenvalue weighted by atomic mass is 10.00. The minimum Gasteiger partial charge on any atom is -0.306 e. The van der Waals surface area contributed by atoms with Gasteiger partial charge in [0.05, 0.1) is 6.04 Å². The zero-order chi connectivity index (χ0) is 13.8. The molecule has 0 saturated heterocycles. The Kier molecular flexibility index (Phi) is 5.20. The number of hydrogen-bond acceptors (Lipinski definition) is 2. The van der Waals surface area contributed by atoms with Gasteiger partial charge >= 0.3 is 0 Å². The fourth-order valence-electron chi connectivity index (χ4n) is 2.19. The SMILES string of the molecule is CCCNC(c1cc(Br)c(C)s1)c1ccccc1C. The minimum absolute atomic E-state index is 0.302. The maximum atomic E-state index is 3.67. The molecule has 3 heteroatoms. The molecule has 0 amide bonds. The predicted octanol–water partition coefficient (Wildman–Crippen LogP) is 5.22. The lowest BCUT2D eigenvalue weighted by molar-refractivity contribution is 0.603. The number of aryl methyl sites for hydroxylation is 2. The number of thiophene rings is 1. The van der Waals surface area contributed by atoms with E-state index in [-0.39, 0.29) is 0 Å². The molecule has 0 aliphatic rings. The summed E-state index contributed by atoms with van der Waals surface area (Å²) in [6.45, 7) is 7.59. The van der Waals surface area contributed by atoms with Crippen LogP contribution in [0.15, 0.2) is 34.8 Å². The average Bonchev–Trinajstić information content (AvgIpc) is 2.72. The predicted molar refractivity (Wildman–Crippen MR) is 88.1 cm³/mol. The smallest absolute Gasteiger partial charge is 0.0674 e. The summed E-state index contributed by atoms with van der Waals surface area (Å²) in [6, 6.07) is 11.2. The van der Waals surface area contributed by atoms with Crippen LogP contribution in [0.4, 0.5) is 0 Å². The summed E-state index contributed by atoms with van der Waals surface area (Å²) >= 11 is 5.49. The van der Waals surface area contributed by atoms with Gasteiger partial charge < -0.3 is 5.32 Å². The summed E-state index contributed by atoms with van der Waals surface area (Å²) in [5, 5.41) is 3.67. The molecule has 1 nitrogen and oxygen atoms in total. The van der Waals surface area contributed by atoms with Crippen LogP contribution in [0.25, 0.3) is 0 Å². The Morgan fingerprint density at radius 3 is 2.58 bits per heavy atom. The molecule has 1 atom stereocenters. The van der Waals surface area contributed by atoms with Gasteiger partial charge in [0, 0.05) is 14.2 Å². The van der Waals surface area contributed by atoms with Gasteiger partial charge in [-0.25, -0.2) is 0 Å². The molecule has 0 radical (unpaired) electrons. The number of halogens is 1. The second-order valence-corrected chi connectivity index (χ2v) is 6.94. The van der Waals surface area contributed by atoms with Crippen LogP contribution in [-0.4, -0.2) is 6.54 Å². The van der Waals surface area contributed by atoms with Crippen molar-refractivity contribution in [1.82, 2.24) is 5.32 Å². The second-order valence-electron chi connectivity index (χ2n) is 4.80. The van der Waals surface area contributed by atoms with Crippen LogP contribution in [0.2, 0.25) is 0 Å². The molecule has 0 aliphatic heterocycles. The van der Waals surface area contributed by atoms with E-state index in [0.29, 0.717) is 6.04 Å². The number of rotatable bonds is 5. The molecule has 1 heterocycles. The van der Waals surface area contributed by atoms with Crippen LogP contribution in [0, 0.1) is 13.8 Å². The monoisotopic (exact) mass is 337 g/mol. The van der Waals surface area contributed by atoms with Crippen molar-refractivity contribution in [3.05, 3.63) is 55.7 Å². The average molecular weight is 338 g/mol. The third-order valence-corrected chi connectivity index (χ3v) is 5.46. The van der Waals surface area contributed by atoms with E-state index in [1.807, 2.05) is 11.3 Å². The third kappa shape index (κ3) is 3.47. The maximum absolute atomic E-state index is 3.67. The van der Waals surface area contributed by atoms with Crippen molar-refractivity contribution in [3.63, 3.8) is 0 Å². The zero-order valence-electron chi connectivity index (χ0n) is 11.7. The van der Waals surface area contributed by atoms with Crippen molar-refractivity contribution in [3.8, 4) is 0 Å². The van der Waals surface area contributed by atoms with Gasteiger partial charge in [-0.15, -0.1) is 11.3 Å². The number of nitrogens with one attached hydrogen (secondary N) is 1. The van der Waals surface area contributed by atoms with Gasteiger partial charge in [0.25, 0.3) is 0 Å². The lowest BCUT2D eigenvalue weighted by Crippen LogP contribution is -2.23. The van der Waals surface area contributed by atoms with Crippen molar-refractivity contribution in [2.45, 2.75) is 33.2 Å². The molecular formula is C16H20BrNS. The zero-order valence-corrected chi connectivity index (χ0v) is 14.1. The van der Waals surface area contributed by atoms with Crippen molar-refractivity contribution in [2.75, 3.05) is 6.54 Å². The summed E-state index contributed by atoms with van der Waals surface area (Å²) in [4.78, 5) is 2.72. The van der Waals surface area contributed by atoms with E-state index in [1.165, 1.54) is 25.4 Å². The molecule has 102 valence electrons. The Bertz CT molecular complexity index is 528. The highest BCUT2D eigenvalue weighted by atomic mass is 79.9. The Hall–Kier alpha value is -0.640. The van der Waals surface area contributed by atoms with Gasteiger partial charge in [-0.3, -0.25) is 0 Å². The van der Waals surface area contributed by atoms with Gasteiger partial charge in [0.1, 0.15) is 0 Å². The van der Waals surface area contributed by atoms with Gasteiger partial charge in [0.2, 0.25) is 0 Å². The molecule has 0 bridgehead atoms. The first-order chi connectivity index (χ1) is 9.13. The first-order valence-electron chi connectivity index (χ1n) is 6.68. The van der Waals surface area contributed by atoms with Crippen LogP contribution in [-0.2, 0) is 0 Å². The fraction of sp³-hybridized carbons (Fsp3) is 0.375. The number of benzene rings is 1. The van der Waals surface area contributed by atoms with E-state index >= 15 is 0 Å². The molecular weight excluding hydrogens is 318 g/mol. The standard InChI is InChI=1S/C16H20BrNS/c1-4-9-18-16(13-8-6-5-7-11(13)2)15-10-14(17)12(3)19-15/h5-8,10,16,18H,4,9H2,1-3H3. The molecule has 0 fully saturated rings. The molecule has 1 unspecified atom stereocenters. The van der Waals surface area contributed by atoms with Gasteiger partial charge in [-0.2, -0.15) is 0 Å². The van der Waals surface area contributed by atoms with Crippen molar-refractivity contribution in [2.24, 2.45) is 0 Å².